The second-order valence-electron chi connectivity index (χ2n) is 5.27. The van der Waals surface area contributed by atoms with E-state index in [1.807, 2.05) is 24.9 Å². The molecule has 0 fully saturated rings. The lowest BCUT2D eigenvalue weighted by molar-refractivity contribution is -0.135. The van der Waals surface area contributed by atoms with Crippen LogP contribution in [0, 0.1) is 5.92 Å². The standard InChI is InChI=1S/C15H23N3O.2ClH/c1-12(10-16-2)15(19)18-9-8-17(3)14-7-5-4-6-13(14)11-18;;/h4-7,12,16H,8-11H2,1-3H3;2*1H. The van der Waals surface area contributed by atoms with Crippen LogP contribution in [0.15, 0.2) is 24.3 Å². The Balaban J connectivity index is 0.00000200. The van der Waals surface area contributed by atoms with Gasteiger partial charge in [-0.25, -0.2) is 0 Å². The van der Waals surface area contributed by atoms with Crippen LogP contribution in [0.25, 0.3) is 0 Å². The zero-order valence-electron chi connectivity index (χ0n) is 12.8. The van der Waals surface area contributed by atoms with Gasteiger partial charge in [0.1, 0.15) is 0 Å². The first-order valence-corrected chi connectivity index (χ1v) is 6.86. The molecule has 4 nitrogen and oxygen atoms in total. The zero-order chi connectivity index (χ0) is 13.8. The van der Waals surface area contributed by atoms with Crippen molar-refractivity contribution in [3.05, 3.63) is 29.8 Å². The molecule has 1 amide bonds. The topological polar surface area (TPSA) is 35.6 Å². The van der Waals surface area contributed by atoms with Gasteiger partial charge in [-0.05, 0) is 18.7 Å². The molecule has 0 aliphatic carbocycles. The van der Waals surface area contributed by atoms with Gasteiger partial charge in [-0.1, -0.05) is 25.1 Å². The largest absolute Gasteiger partial charge is 0.373 e. The fourth-order valence-corrected chi connectivity index (χ4v) is 2.59. The summed E-state index contributed by atoms with van der Waals surface area (Å²) >= 11 is 0. The van der Waals surface area contributed by atoms with Crippen LogP contribution in [0.2, 0.25) is 0 Å². The van der Waals surface area contributed by atoms with E-state index in [2.05, 4.69) is 35.5 Å². The van der Waals surface area contributed by atoms with Crippen LogP contribution >= 0.6 is 24.8 Å². The summed E-state index contributed by atoms with van der Waals surface area (Å²) in [6, 6.07) is 8.33. The van der Waals surface area contributed by atoms with Gasteiger partial charge in [0.15, 0.2) is 0 Å². The van der Waals surface area contributed by atoms with Crippen LogP contribution in [0.1, 0.15) is 12.5 Å². The second kappa shape index (κ2) is 9.13. The molecular formula is C15H25Cl2N3O. The Kier molecular flexibility index (Phi) is 8.71. The summed E-state index contributed by atoms with van der Waals surface area (Å²) in [5, 5.41) is 3.07. The third-order valence-corrected chi connectivity index (χ3v) is 3.71. The maximum absolute atomic E-state index is 12.4. The molecule has 1 heterocycles. The molecule has 1 N–H and O–H groups in total. The number of fused-ring (bicyclic) bond motifs is 1. The summed E-state index contributed by atoms with van der Waals surface area (Å²) in [5.41, 5.74) is 2.46. The Morgan fingerprint density at radius 1 is 1.29 bits per heavy atom. The first-order valence-electron chi connectivity index (χ1n) is 6.86. The van der Waals surface area contributed by atoms with E-state index in [1.54, 1.807) is 0 Å². The number of benzene rings is 1. The van der Waals surface area contributed by atoms with Crippen molar-refractivity contribution in [2.45, 2.75) is 13.5 Å². The summed E-state index contributed by atoms with van der Waals surface area (Å²) in [7, 11) is 3.97. The Morgan fingerprint density at radius 2 is 1.95 bits per heavy atom. The number of rotatable bonds is 3. The van der Waals surface area contributed by atoms with Gasteiger partial charge in [-0.2, -0.15) is 0 Å². The van der Waals surface area contributed by atoms with Crippen molar-refractivity contribution in [3.63, 3.8) is 0 Å². The minimum atomic E-state index is 0. The first-order chi connectivity index (χ1) is 9.13. The number of nitrogens with one attached hydrogen (secondary N) is 1. The number of carbonyl (C=O) groups is 1. The van der Waals surface area contributed by atoms with Gasteiger partial charge in [-0.3, -0.25) is 4.79 Å². The summed E-state index contributed by atoms with van der Waals surface area (Å²) in [6.45, 7) is 5.10. The summed E-state index contributed by atoms with van der Waals surface area (Å²) in [4.78, 5) is 16.6. The van der Waals surface area contributed by atoms with E-state index >= 15 is 0 Å². The summed E-state index contributed by atoms with van der Waals surface area (Å²) in [5.74, 6) is 0.264. The molecule has 0 saturated carbocycles. The van der Waals surface area contributed by atoms with Gasteiger partial charge in [0.2, 0.25) is 5.91 Å². The van der Waals surface area contributed by atoms with Gasteiger partial charge >= 0.3 is 0 Å². The molecule has 1 unspecified atom stereocenters. The molecular weight excluding hydrogens is 309 g/mol. The number of amides is 1. The van der Waals surface area contributed by atoms with Gasteiger partial charge in [0.25, 0.3) is 0 Å². The number of likely N-dealkylation sites (N-methyl/N-ethyl adjacent to an activating group) is 1. The molecule has 0 bridgehead atoms. The normalized spacial score (nSPS) is 15.2. The van der Waals surface area contributed by atoms with E-state index in [0.29, 0.717) is 6.54 Å². The number of hydrogen-bond acceptors (Lipinski definition) is 3. The smallest absolute Gasteiger partial charge is 0.227 e. The van der Waals surface area contributed by atoms with Gasteiger partial charge in [0.05, 0.1) is 0 Å². The van der Waals surface area contributed by atoms with Crippen LogP contribution in [0.5, 0.6) is 0 Å². The fraction of sp³-hybridized carbons (Fsp3) is 0.533. The Hall–Kier alpha value is -0.970. The third-order valence-electron chi connectivity index (χ3n) is 3.71. The molecule has 1 aliphatic heterocycles. The van der Waals surface area contributed by atoms with E-state index < -0.39 is 0 Å². The maximum atomic E-state index is 12.4. The van der Waals surface area contributed by atoms with Crippen LogP contribution < -0.4 is 10.2 Å². The molecule has 21 heavy (non-hydrogen) atoms. The Bertz CT molecular complexity index is 456. The van der Waals surface area contributed by atoms with E-state index in [-0.39, 0.29) is 36.6 Å². The predicted octanol–water partition coefficient (Wildman–Crippen LogP) is 2.16. The molecule has 1 aliphatic rings. The third kappa shape index (κ3) is 4.77. The van der Waals surface area contributed by atoms with E-state index in [0.717, 1.165) is 19.6 Å². The van der Waals surface area contributed by atoms with Crippen molar-refractivity contribution in [2.24, 2.45) is 5.92 Å². The lowest BCUT2D eigenvalue weighted by Gasteiger charge is -2.24. The van der Waals surface area contributed by atoms with Crippen LogP contribution in [-0.4, -0.2) is 44.5 Å². The number of hydrogen-bond donors (Lipinski definition) is 1. The average Bonchev–Trinajstić information content (AvgIpc) is 2.58. The minimum absolute atomic E-state index is 0. The van der Waals surface area contributed by atoms with Crippen molar-refractivity contribution in [3.8, 4) is 0 Å². The van der Waals surface area contributed by atoms with Crippen LogP contribution in [0.3, 0.4) is 0 Å². The van der Waals surface area contributed by atoms with Gasteiger partial charge in [-0.15, -0.1) is 24.8 Å². The van der Waals surface area contributed by atoms with Crippen molar-refractivity contribution >= 4 is 36.4 Å². The summed E-state index contributed by atoms with van der Waals surface area (Å²) < 4.78 is 0. The molecule has 0 spiro atoms. The Morgan fingerprint density at radius 3 is 2.62 bits per heavy atom. The molecule has 0 aromatic heterocycles. The molecule has 1 aromatic rings. The molecule has 1 aromatic carbocycles. The number of carbonyl (C=O) groups excluding carboxylic acids is 1. The molecule has 2 rings (SSSR count). The number of halogens is 2. The van der Waals surface area contributed by atoms with Crippen molar-refractivity contribution in [2.75, 3.05) is 38.6 Å². The van der Waals surface area contributed by atoms with Crippen LogP contribution in [0.4, 0.5) is 5.69 Å². The second-order valence-corrected chi connectivity index (χ2v) is 5.27. The van der Waals surface area contributed by atoms with Gasteiger partial charge < -0.3 is 15.1 Å². The highest BCUT2D eigenvalue weighted by atomic mass is 35.5. The molecule has 6 heteroatoms. The Labute approximate surface area is 139 Å². The van der Waals surface area contributed by atoms with Crippen molar-refractivity contribution in [1.82, 2.24) is 10.2 Å². The van der Waals surface area contributed by atoms with Gasteiger partial charge in [0, 0.05) is 44.8 Å². The monoisotopic (exact) mass is 333 g/mol. The molecule has 0 radical (unpaired) electrons. The van der Waals surface area contributed by atoms with Crippen molar-refractivity contribution in [1.29, 1.82) is 0 Å². The highest BCUT2D eigenvalue weighted by Gasteiger charge is 2.24. The quantitative estimate of drug-likeness (QED) is 0.920. The fourth-order valence-electron chi connectivity index (χ4n) is 2.59. The number of anilines is 1. The minimum Gasteiger partial charge on any atom is -0.373 e. The molecule has 120 valence electrons. The molecule has 1 atom stereocenters. The van der Waals surface area contributed by atoms with E-state index in [1.165, 1.54) is 11.3 Å². The highest BCUT2D eigenvalue weighted by molar-refractivity contribution is 5.85. The SMILES string of the molecule is CNCC(C)C(=O)N1CCN(C)c2ccccc2C1.Cl.Cl. The highest BCUT2D eigenvalue weighted by Crippen LogP contribution is 2.24. The van der Waals surface area contributed by atoms with E-state index in [9.17, 15) is 4.79 Å². The number of nitrogens with zero attached hydrogens (tertiary/aromatic N) is 2. The average molecular weight is 334 g/mol. The summed E-state index contributed by atoms with van der Waals surface area (Å²) in [6.07, 6.45) is 0. The first kappa shape index (κ1) is 20.0. The number of para-hydroxylation sites is 1. The van der Waals surface area contributed by atoms with Crippen LogP contribution in [-0.2, 0) is 11.3 Å². The predicted molar refractivity (Wildman–Crippen MR) is 92.7 cm³/mol. The van der Waals surface area contributed by atoms with E-state index in [4.69, 9.17) is 0 Å². The maximum Gasteiger partial charge on any atom is 0.227 e. The lowest BCUT2D eigenvalue weighted by atomic mass is 10.1. The molecule has 0 saturated heterocycles. The zero-order valence-corrected chi connectivity index (χ0v) is 14.5. The van der Waals surface area contributed by atoms with Crippen molar-refractivity contribution < 1.29 is 4.79 Å². The lowest BCUT2D eigenvalue weighted by Crippen LogP contribution is -2.40.